The van der Waals surface area contributed by atoms with Gasteiger partial charge in [-0.15, -0.1) is 0 Å². The van der Waals surface area contributed by atoms with Gasteiger partial charge in [0.1, 0.15) is 5.75 Å². The number of hydrogen-bond donors (Lipinski definition) is 0. The molecule has 1 unspecified atom stereocenters. The Morgan fingerprint density at radius 3 is 2.39 bits per heavy atom. The maximum absolute atomic E-state index is 13.1. The van der Waals surface area contributed by atoms with Gasteiger partial charge in [-0.1, -0.05) is 23.7 Å². The minimum Gasteiger partial charge on any atom is -0.495 e. The molecule has 0 spiro atoms. The highest BCUT2D eigenvalue weighted by molar-refractivity contribution is 6.32. The standard InChI is InChI=1S/C18H20ClF3N4O2/c1-12-16(19)17(18(20,21)22)23-26(12)15(11-27)25-9-7-24(8-10-25)13-5-3-4-6-14(13)28-2/h3-6,11,15H,7-10H2,1-2H3. The van der Waals surface area contributed by atoms with E-state index in [0.717, 1.165) is 16.1 Å². The van der Waals surface area contributed by atoms with Crippen LogP contribution in [0.2, 0.25) is 5.02 Å². The predicted molar refractivity (Wildman–Crippen MR) is 98.9 cm³/mol. The molecule has 1 aliphatic rings. The van der Waals surface area contributed by atoms with Crippen LogP contribution < -0.4 is 9.64 Å². The molecule has 0 saturated carbocycles. The molecule has 0 bridgehead atoms. The van der Waals surface area contributed by atoms with Gasteiger partial charge in [0.2, 0.25) is 0 Å². The Labute approximate surface area is 165 Å². The van der Waals surface area contributed by atoms with E-state index in [9.17, 15) is 18.0 Å². The molecule has 28 heavy (non-hydrogen) atoms. The first-order valence-electron chi connectivity index (χ1n) is 8.67. The van der Waals surface area contributed by atoms with Crippen molar-refractivity contribution in [3.63, 3.8) is 0 Å². The molecular formula is C18H20ClF3N4O2. The molecular weight excluding hydrogens is 397 g/mol. The van der Waals surface area contributed by atoms with Crippen LogP contribution in [0.4, 0.5) is 18.9 Å². The lowest BCUT2D eigenvalue weighted by atomic mass is 10.2. The van der Waals surface area contributed by atoms with E-state index < -0.39 is 23.1 Å². The highest BCUT2D eigenvalue weighted by Gasteiger charge is 2.39. The number of anilines is 1. The first-order valence-corrected chi connectivity index (χ1v) is 9.04. The monoisotopic (exact) mass is 416 g/mol. The third-order valence-electron chi connectivity index (χ3n) is 4.83. The molecule has 0 aliphatic carbocycles. The summed E-state index contributed by atoms with van der Waals surface area (Å²) in [6.07, 6.45) is -5.04. The molecule has 1 fully saturated rings. The average molecular weight is 417 g/mol. The Kier molecular flexibility index (Phi) is 5.85. The van der Waals surface area contributed by atoms with Gasteiger partial charge in [-0.05, 0) is 19.1 Å². The van der Waals surface area contributed by atoms with Gasteiger partial charge in [0.05, 0.1) is 23.5 Å². The summed E-state index contributed by atoms with van der Waals surface area (Å²) in [4.78, 5) is 15.6. The maximum atomic E-state index is 13.1. The zero-order valence-electron chi connectivity index (χ0n) is 15.4. The number of benzene rings is 1. The molecule has 1 aromatic heterocycles. The summed E-state index contributed by atoms with van der Waals surface area (Å²) in [5.41, 5.74) is -0.130. The van der Waals surface area contributed by atoms with Crippen LogP contribution in [0.1, 0.15) is 17.6 Å². The van der Waals surface area contributed by atoms with E-state index >= 15 is 0 Å². The molecule has 2 aromatic rings. The van der Waals surface area contributed by atoms with Gasteiger partial charge in [-0.25, -0.2) is 4.68 Å². The molecule has 1 aliphatic heterocycles. The summed E-state index contributed by atoms with van der Waals surface area (Å²) in [5, 5.41) is 3.11. The van der Waals surface area contributed by atoms with E-state index in [1.807, 2.05) is 24.3 Å². The molecule has 6 nitrogen and oxygen atoms in total. The fraction of sp³-hybridized carbons (Fsp3) is 0.444. The van der Waals surface area contributed by atoms with Crippen molar-refractivity contribution in [2.45, 2.75) is 19.3 Å². The van der Waals surface area contributed by atoms with Crippen LogP contribution in [-0.2, 0) is 11.0 Å². The number of piperazine rings is 1. The summed E-state index contributed by atoms with van der Waals surface area (Å²) in [7, 11) is 1.60. The number of halogens is 4. The van der Waals surface area contributed by atoms with Crippen LogP contribution in [0.5, 0.6) is 5.75 Å². The highest BCUT2D eigenvalue weighted by Crippen LogP contribution is 2.36. The molecule has 1 aromatic carbocycles. The quantitative estimate of drug-likeness (QED) is 0.699. The van der Waals surface area contributed by atoms with Crippen LogP contribution in [0.3, 0.4) is 0 Å². The largest absolute Gasteiger partial charge is 0.495 e. The molecule has 3 rings (SSSR count). The summed E-state index contributed by atoms with van der Waals surface area (Å²) in [5.74, 6) is 0.743. The lowest BCUT2D eigenvalue weighted by Crippen LogP contribution is -2.49. The van der Waals surface area contributed by atoms with Crippen LogP contribution in [0.25, 0.3) is 0 Å². The third kappa shape index (κ3) is 3.81. The van der Waals surface area contributed by atoms with E-state index in [1.165, 1.54) is 6.92 Å². The van der Waals surface area contributed by atoms with Gasteiger partial charge in [0, 0.05) is 26.2 Å². The number of hydrogen-bond acceptors (Lipinski definition) is 5. The fourth-order valence-corrected chi connectivity index (χ4v) is 3.59. The number of methoxy groups -OCH3 is 1. The van der Waals surface area contributed by atoms with Crippen LogP contribution in [0, 0.1) is 6.92 Å². The van der Waals surface area contributed by atoms with Crippen molar-refractivity contribution in [2.24, 2.45) is 0 Å². The SMILES string of the molecule is COc1ccccc1N1CCN(C(C=O)n2nc(C(F)(F)F)c(Cl)c2C)CC1. The third-order valence-corrected chi connectivity index (χ3v) is 5.28. The van der Waals surface area contributed by atoms with E-state index in [2.05, 4.69) is 10.00 Å². The number of carbonyl (C=O) groups excluding carboxylic acids is 1. The second-order valence-corrected chi connectivity index (χ2v) is 6.81. The number of aromatic nitrogens is 2. The number of ether oxygens (including phenoxy) is 1. The van der Waals surface area contributed by atoms with E-state index in [0.29, 0.717) is 32.5 Å². The number of carbonyl (C=O) groups is 1. The van der Waals surface area contributed by atoms with E-state index in [4.69, 9.17) is 16.3 Å². The maximum Gasteiger partial charge on any atom is 0.436 e. The van der Waals surface area contributed by atoms with Crippen molar-refractivity contribution >= 4 is 23.6 Å². The number of para-hydroxylation sites is 2. The summed E-state index contributed by atoms with van der Waals surface area (Å²) in [6, 6.07) is 7.60. The topological polar surface area (TPSA) is 50.6 Å². The Hall–Kier alpha value is -2.26. The molecule has 152 valence electrons. The molecule has 10 heteroatoms. The number of alkyl halides is 3. The lowest BCUT2D eigenvalue weighted by molar-refractivity contribution is -0.142. The predicted octanol–water partition coefficient (Wildman–Crippen LogP) is 3.39. The smallest absolute Gasteiger partial charge is 0.436 e. The van der Waals surface area contributed by atoms with Crippen molar-refractivity contribution in [3.8, 4) is 5.75 Å². The van der Waals surface area contributed by atoms with E-state index in [-0.39, 0.29) is 5.69 Å². The molecule has 0 amide bonds. The van der Waals surface area contributed by atoms with Crippen molar-refractivity contribution in [3.05, 3.63) is 40.7 Å². The Morgan fingerprint density at radius 1 is 1.21 bits per heavy atom. The number of aldehydes is 1. The van der Waals surface area contributed by atoms with Crippen molar-refractivity contribution in [1.29, 1.82) is 0 Å². The summed E-state index contributed by atoms with van der Waals surface area (Å²) < 4.78 is 45.7. The van der Waals surface area contributed by atoms with Crippen LogP contribution in [-0.4, -0.2) is 54.3 Å². The van der Waals surface area contributed by atoms with Crippen molar-refractivity contribution in [2.75, 3.05) is 38.2 Å². The molecule has 0 N–H and O–H groups in total. The zero-order chi connectivity index (χ0) is 20.5. The van der Waals surface area contributed by atoms with Gasteiger partial charge in [0.25, 0.3) is 0 Å². The highest BCUT2D eigenvalue weighted by atomic mass is 35.5. The second kappa shape index (κ2) is 8.00. The van der Waals surface area contributed by atoms with Gasteiger partial charge < -0.3 is 9.64 Å². The minimum atomic E-state index is -4.68. The second-order valence-electron chi connectivity index (χ2n) is 6.43. The van der Waals surface area contributed by atoms with Crippen molar-refractivity contribution < 1.29 is 22.7 Å². The normalized spacial score (nSPS) is 16.9. The fourth-order valence-electron chi connectivity index (χ4n) is 3.35. The van der Waals surface area contributed by atoms with Gasteiger partial charge in [-0.2, -0.15) is 18.3 Å². The van der Waals surface area contributed by atoms with Gasteiger partial charge >= 0.3 is 6.18 Å². The number of nitrogens with zero attached hydrogens (tertiary/aromatic N) is 4. The Morgan fingerprint density at radius 2 is 1.86 bits per heavy atom. The van der Waals surface area contributed by atoms with Crippen molar-refractivity contribution in [1.82, 2.24) is 14.7 Å². The zero-order valence-corrected chi connectivity index (χ0v) is 16.2. The van der Waals surface area contributed by atoms with Crippen LogP contribution >= 0.6 is 11.6 Å². The molecule has 0 radical (unpaired) electrons. The van der Waals surface area contributed by atoms with Crippen LogP contribution in [0.15, 0.2) is 24.3 Å². The summed E-state index contributed by atoms with van der Waals surface area (Å²) in [6.45, 7) is 3.54. The summed E-state index contributed by atoms with van der Waals surface area (Å²) >= 11 is 5.82. The minimum absolute atomic E-state index is 0.109. The van der Waals surface area contributed by atoms with E-state index in [1.54, 1.807) is 12.0 Å². The molecule has 1 atom stereocenters. The first kappa shape index (κ1) is 20.5. The lowest BCUT2D eigenvalue weighted by Gasteiger charge is -2.39. The molecule has 1 saturated heterocycles. The number of rotatable bonds is 5. The molecule has 2 heterocycles. The Bertz CT molecular complexity index is 848. The van der Waals surface area contributed by atoms with Gasteiger partial charge in [0.15, 0.2) is 18.1 Å². The Balaban J connectivity index is 1.79. The first-order chi connectivity index (χ1) is 13.3. The van der Waals surface area contributed by atoms with Gasteiger partial charge in [-0.3, -0.25) is 9.69 Å². The average Bonchev–Trinajstić information content (AvgIpc) is 2.98.